The average molecular weight is 314 g/mol. The van der Waals surface area contributed by atoms with Crippen molar-refractivity contribution in [3.63, 3.8) is 0 Å². The summed E-state index contributed by atoms with van der Waals surface area (Å²) in [6.45, 7) is -0.616. The maximum Gasteiger partial charge on any atom is 0.276 e. The fraction of sp³-hybridized carbons (Fsp3) is 0.538. The van der Waals surface area contributed by atoms with Crippen LogP contribution in [0.2, 0.25) is 0 Å². The lowest BCUT2D eigenvalue weighted by Crippen LogP contribution is -2.38. The first-order chi connectivity index (χ1) is 10.6. The van der Waals surface area contributed by atoms with Gasteiger partial charge in [-0.05, 0) is 18.1 Å². The van der Waals surface area contributed by atoms with Crippen molar-refractivity contribution in [3.05, 3.63) is 29.6 Å². The van der Waals surface area contributed by atoms with Gasteiger partial charge in [-0.25, -0.2) is 10.3 Å². The van der Waals surface area contributed by atoms with Gasteiger partial charge < -0.3 is 25.2 Å². The van der Waals surface area contributed by atoms with Gasteiger partial charge in [-0.1, -0.05) is 0 Å². The molecule has 1 aliphatic heterocycles. The van der Waals surface area contributed by atoms with Crippen LogP contribution in [0, 0.1) is 0 Å². The predicted octanol–water partition coefficient (Wildman–Crippen LogP) is -2.28. The van der Waals surface area contributed by atoms with Crippen molar-refractivity contribution in [3.8, 4) is 0 Å². The smallest absolute Gasteiger partial charge is 0.276 e. The van der Waals surface area contributed by atoms with E-state index in [-0.39, 0.29) is 18.6 Å². The van der Waals surface area contributed by atoms with E-state index >= 15 is 0 Å². The summed E-state index contributed by atoms with van der Waals surface area (Å²) >= 11 is 0. The van der Waals surface area contributed by atoms with Crippen molar-refractivity contribution in [2.45, 2.75) is 31.0 Å². The number of amides is 1. The third-order valence-electron chi connectivity index (χ3n) is 3.30. The van der Waals surface area contributed by atoms with Gasteiger partial charge in [0.2, 0.25) is 6.29 Å². The number of hydrogen-bond donors (Lipinski definition) is 5. The van der Waals surface area contributed by atoms with Crippen LogP contribution in [0.25, 0.3) is 0 Å². The van der Waals surface area contributed by atoms with Gasteiger partial charge in [0.25, 0.3) is 5.91 Å². The highest BCUT2D eigenvalue weighted by Gasteiger charge is 2.43. The summed E-state index contributed by atoms with van der Waals surface area (Å²) in [5.74, 6) is -0.630. The van der Waals surface area contributed by atoms with E-state index in [1.807, 2.05) is 0 Å². The summed E-state index contributed by atoms with van der Waals surface area (Å²) < 4.78 is 5.06. The Balaban J connectivity index is 1.96. The van der Waals surface area contributed by atoms with Gasteiger partial charge in [0.05, 0.1) is 12.2 Å². The second-order valence-electron chi connectivity index (χ2n) is 4.76. The number of aliphatic hydroxyl groups excluding tert-OH is 4. The number of aliphatic hydroxyl groups is 4. The number of ether oxygens (including phenoxy) is 1. The molecule has 0 aliphatic carbocycles. The molecule has 1 aromatic rings. The monoisotopic (exact) mass is 314 g/mol. The number of nitrogens with one attached hydrogen (secondary N) is 1. The molecule has 1 saturated heterocycles. The molecule has 9 nitrogen and oxygen atoms in total. The molecule has 122 valence electrons. The third kappa shape index (κ3) is 3.58. The SMILES string of the molecule is O=C(NOC1O[C@H](CO)[C@@H](O)[C@H]1O)c1cnccc1CCO. The Bertz CT molecular complexity index is 513. The van der Waals surface area contributed by atoms with Crippen LogP contribution in [0.15, 0.2) is 18.5 Å². The van der Waals surface area contributed by atoms with E-state index in [1.54, 1.807) is 6.07 Å². The van der Waals surface area contributed by atoms with Crippen LogP contribution in [0.4, 0.5) is 0 Å². The van der Waals surface area contributed by atoms with E-state index in [4.69, 9.17) is 19.8 Å². The molecule has 22 heavy (non-hydrogen) atoms. The van der Waals surface area contributed by atoms with Crippen molar-refractivity contribution in [1.29, 1.82) is 0 Å². The van der Waals surface area contributed by atoms with Crippen LogP contribution < -0.4 is 5.48 Å². The molecule has 1 aliphatic rings. The second-order valence-corrected chi connectivity index (χ2v) is 4.76. The summed E-state index contributed by atoms with van der Waals surface area (Å²) in [6, 6.07) is 1.59. The number of pyridine rings is 1. The molecule has 1 unspecified atom stereocenters. The van der Waals surface area contributed by atoms with Crippen molar-refractivity contribution >= 4 is 5.91 Å². The number of hydroxylamine groups is 1. The van der Waals surface area contributed by atoms with Crippen molar-refractivity contribution < 1.29 is 34.8 Å². The first-order valence-corrected chi connectivity index (χ1v) is 6.70. The second kappa shape index (κ2) is 7.58. The van der Waals surface area contributed by atoms with Crippen LogP contribution in [-0.4, -0.2) is 69.1 Å². The fourth-order valence-electron chi connectivity index (χ4n) is 2.10. The molecule has 1 fully saturated rings. The van der Waals surface area contributed by atoms with E-state index in [1.165, 1.54) is 12.4 Å². The van der Waals surface area contributed by atoms with Gasteiger partial charge in [-0.2, -0.15) is 0 Å². The van der Waals surface area contributed by atoms with Gasteiger partial charge >= 0.3 is 0 Å². The summed E-state index contributed by atoms with van der Waals surface area (Å²) in [5, 5.41) is 37.1. The van der Waals surface area contributed by atoms with Gasteiger partial charge in [-0.15, -0.1) is 0 Å². The van der Waals surface area contributed by atoms with Crippen molar-refractivity contribution in [2.75, 3.05) is 13.2 Å². The Morgan fingerprint density at radius 1 is 1.36 bits per heavy atom. The zero-order valence-electron chi connectivity index (χ0n) is 11.6. The molecule has 1 aromatic heterocycles. The Labute approximate surface area is 126 Å². The standard InChI is InChI=1S/C13H18N2O7/c16-4-2-7-1-3-14-5-8(7)12(20)15-22-13-11(19)10(18)9(6-17)21-13/h1,3,5,9-11,13,16-19H,2,4,6H2,(H,15,20)/t9-,10-,11-,13?/m1/s1. The Morgan fingerprint density at radius 3 is 2.77 bits per heavy atom. The minimum atomic E-state index is -1.40. The van der Waals surface area contributed by atoms with Gasteiger partial charge in [0.1, 0.15) is 18.3 Å². The highest BCUT2D eigenvalue weighted by molar-refractivity contribution is 5.94. The van der Waals surface area contributed by atoms with E-state index in [0.29, 0.717) is 5.56 Å². The lowest BCUT2D eigenvalue weighted by molar-refractivity contribution is -0.192. The molecule has 4 atom stereocenters. The Morgan fingerprint density at radius 2 is 2.14 bits per heavy atom. The number of hydrogen-bond acceptors (Lipinski definition) is 8. The summed E-state index contributed by atoms with van der Waals surface area (Å²) in [4.78, 5) is 20.8. The highest BCUT2D eigenvalue weighted by atomic mass is 16.8. The number of aromatic nitrogens is 1. The zero-order valence-corrected chi connectivity index (χ0v) is 11.6. The Kier molecular flexibility index (Phi) is 5.77. The first-order valence-electron chi connectivity index (χ1n) is 6.70. The normalized spacial score (nSPS) is 27.8. The molecule has 0 saturated carbocycles. The third-order valence-corrected chi connectivity index (χ3v) is 3.30. The number of carbonyl (C=O) groups excluding carboxylic acids is 1. The molecule has 9 heteroatoms. The molecular formula is C13H18N2O7. The quantitative estimate of drug-likeness (QED) is 0.370. The molecular weight excluding hydrogens is 296 g/mol. The maximum absolute atomic E-state index is 12.0. The van der Waals surface area contributed by atoms with Crippen LogP contribution in [0.1, 0.15) is 15.9 Å². The van der Waals surface area contributed by atoms with E-state index in [0.717, 1.165) is 0 Å². The molecule has 1 amide bonds. The van der Waals surface area contributed by atoms with Crippen molar-refractivity contribution in [2.24, 2.45) is 0 Å². The predicted molar refractivity (Wildman–Crippen MR) is 71.3 cm³/mol. The van der Waals surface area contributed by atoms with Crippen LogP contribution >= 0.6 is 0 Å². The topological polar surface area (TPSA) is 141 Å². The van der Waals surface area contributed by atoms with E-state index in [2.05, 4.69) is 10.5 Å². The van der Waals surface area contributed by atoms with Gasteiger partial charge in [0, 0.05) is 19.0 Å². The number of carbonyl (C=O) groups is 1. The van der Waals surface area contributed by atoms with Crippen molar-refractivity contribution in [1.82, 2.24) is 10.5 Å². The molecule has 2 heterocycles. The average Bonchev–Trinajstić information content (AvgIpc) is 2.81. The zero-order chi connectivity index (χ0) is 16.1. The molecule has 0 bridgehead atoms. The molecule has 2 rings (SSSR count). The minimum absolute atomic E-state index is 0.125. The minimum Gasteiger partial charge on any atom is -0.396 e. The first kappa shape index (κ1) is 16.7. The molecule has 0 spiro atoms. The lowest BCUT2D eigenvalue weighted by Gasteiger charge is -2.16. The van der Waals surface area contributed by atoms with Gasteiger partial charge in [0.15, 0.2) is 0 Å². The van der Waals surface area contributed by atoms with E-state index in [9.17, 15) is 15.0 Å². The number of nitrogens with zero attached hydrogens (tertiary/aromatic N) is 1. The maximum atomic E-state index is 12.0. The van der Waals surface area contributed by atoms with Gasteiger partial charge in [-0.3, -0.25) is 9.78 Å². The number of rotatable bonds is 6. The summed E-state index contributed by atoms with van der Waals surface area (Å²) in [7, 11) is 0. The van der Waals surface area contributed by atoms with Crippen LogP contribution in [-0.2, 0) is 16.0 Å². The summed E-state index contributed by atoms with van der Waals surface area (Å²) in [6.07, 6.45) is -1.90. The lowest BCUT2D eigenvalue weighted by atomic mass is 10.1. The highest BCUT2D eigenvalue weighted by Crippen LogP contribution is 2.21. The van der Waals surface area contributed by atoms with Crippen LogP contribution in [0.5, 0.6) is 0 Å². The molecule has 5 N–H and O–H groups in total. The molecule has 0 aromatic carbocycles. The van der Waals surface area contributed by atoms with E-state index < -0.39 is 37.1 Å². The molecule has 0 radical (unpaired) electrons. The Hall–Kier alpha value is -1.62. The fourth-order valence-corrected chi connectivity index (χ4v) is 2.10. The summed E-state index contributed by atoms with van der Waals surface area (Å²) in [5.41, 5.74) is 2.89. The largest absolute Gasteiger partial charge is 0.396 e. The van der Waals surface area contributed by atoms with Crippen LogP contribution in [0.3, 0.4) is 0 Å².